The molecule has 1 aliphatic heterocycles. The first-order valence-corrected chi connectivity index (χ1v) is 6.15. The number of rotatable bonds is 2. The molecule has 0 aromatic carbocycles. The zero-order valence-corrected chi connectivity index (χ0v) is 10.8. The summed E-state index contributed by atoms with van der Waals surface area (Å²) < 4.78 is 10.7. The van der Waals surface area contributed by atoms with E-state index in [-0.39, 0.29) is 17.4 Å². The second-order valence-corrected chi connectivity index (χ2v) is 5.75. The van der Waals surface area contributed by atoms with Gasteiger partial charge in [0.25, 0.3) is 0 Å². The van der Waals surface area contributed by atoms with E-state index in [9.17, 15) is 0 Å². The molecule has 5 nitrogen and oxygen atoms in total. The summed E-state index contributed by atoms with van der Waals surface area (Å²) in [5.41, 5.74) is 6.01. The number of nitrogens with two attached hydrogens (primary N) is 1. The van der Waals surface area contributed by atoms with Gasteiger partial charge >= 0.3 is 0 Å². The maximum absolute atomic E-state index is 6.09. The summed E-state index contributed by atoms with van der Waals surface area (Å²) in [6.07, 6.45) is 2.11. The Morgan fingerprint density at radius 2 is 2.18 bits per heavy atom. The molecule has 0 saturated carbocycles. The van der Waals surface area contributed by atoms with Gasteiger partial charge in [-0.2, -0.15) is 4.98 Å². The van der Waals surface area contributed by atoms with Crippen LogP contribution in [0.2, 0.25) is 0 Å². The lowest BCUT2D eigenvalue weighted by Gasteiger charge is -2.23. The van der Waals surface area contributed by atoms with Gasteiger partial charge < -0.3 is 15.0 Å². The predicted molar refractivity (Wildman–Crippen MR) is 63.5 cm³/mol. The largest absolute Gasteiger partial charge is 0.381 e. The molecule has 2 rings (SSSR count). The lowest BCUT2D eigenvalue weighted by Crippen LogP contribution is -2.26. The van der Waals surface area contributed by atoms with E-state index < -0.39 is 0 Å². The first-order valence-electron chi connectivity index (χ1n) is 6.15. The van der Waals surface area contributed by atoms with Crippen molar-refractivity contribution in [2.75, 3.05) is 13.2 Å². The molecule has 17 heavy (non-hydrogen) atoms. The first kappa shape index (κ1) is 12.5. The van der Waals surface area contributed by atoms with E-state index >= 15 is 0 Å². The van der Waals surface area contributed by atoms with Crippen LogP contribution < -0.4 is 5.73 Å². The van der Waals surface area contributed by atoms with Crippen LogP contribution in [-0.4, -0.2) is 23.4 Å². The summed E-state index contributed by atoms with van der Waals surface area (Å²) in [4.78, 5) is 4.42. The highest BCUT2D eigenvalue weighted by atomic mass is 16.5. The highest BCUT2D eigenvalue weighted by molar-refractivity contribution is 5.01. The minimum absolute atomic E-state index is 0.0765. The quantitative estimate of drug-likeness (QED) is 0.854. The van der Waals surface area contributed by atoms with Crippen molar-refractivity contribution in [2.45, 2.75) is 45.6 Å². The van der Waals surface area contributed by atoms with Gasteiger partial charge in [0.1, 0.15) is 0 Å². The van der Waals surface area contributed by atoms with Gasteiger partial charge in [-0.15, -0.1) is 0 Å². The van der Waals surface area contributed by atoms with Crippen LogP contribution >= 0.6 is 0 Å². The molecule has 5 heteroatoms. The van der Waals surface area contributed by atoms with Gasteiger partial charge in [-0.1, -0.05) is 25.9 Å². The predicted octanol–water partition coefficient (Wildman–Crippen LogP) is 2.01. The average Bonchev–Trinajstić information content (AvgIpc) is 2.77. The Balaban J connectivity index is 2.10. The van der Waals surface area contributed by atoms with Crippen LogP contribution in [0.1, 0.15) is 57.3 Å². The van der Waals surface area contributed by atoms with Crippen molar-refractivity contribution in [3.8, 4) is 0 Å². The van der Waals surface area contributed by atoms with Crippen molar-refractivity contribution in [1.82, 2.24) is 10.1 Å². The third-order valence-corrected chi connectivity index (χ3v) is 3.18. The fraction of sp³-hybridized carbons (Fsp3) is 0.833. The van der Waals surface area contributed by atoms with E-state index in [0.29, 0.717) is 12.5 Å². The number of hydrogen-bond donors (Lipinski definition) is 1. The standard InChI is InChI=1S/C12H21N3O2/c1-12(2,3)9(13)11-14-10(15-17-11)8-5-4-6-16-7-8/h8-9H,4-7,13H2,1-3H3. The molecule has 0 aliphatic carbocycles. The van der Waals surface area contributed by atoms with Crippen molar-refractivity contribution >= 4 is 0 Å². The number of ether oxygens (including phenoxy) is 1. The smallest absolute Gasteiger partial charge is 0.244 e. The topological polar surface area (TPSA) is 74.2 Å². The van der Waals surface area contributed by atoms with Gasteiger partial charge in [-0.05, 0) is 18.3 Å². The average molecular weight is 239 g/mol. The highest BCUT2D eigenvalue weighted by Crippen LogP contribution is 2.31. The molecular formula is C12H21N3O2. The number of aromatic nitrogens is 2. The van der Waals surface area contributed by atoms with Gasteiger partial charge in [0, 0.05) is 12.5 Å². The van der Waals surface area contributed by atoms with E-state index in [2.05, 4.69) is 30.9 Å². The van der Waals surface area contributed by atoms with E-state index in [0.717, 1.165) is 25.3 Å². The number of nitrogens with zero attached hydrogens (tertiary/aromatic N) is 2. The van der Waals surface area contributed by atoms with Crippen LogP contribution in [0, 0.1) is 5.41 Å². The number of hydrogen-bond acceptors (Lipinski definition) is 5. The molecule has 0 amide bonds. The Bertz CT molecular complexity index is 364. The Morgan fingerprint density at radius 3 is 2.76 bits per heavy atom. The zero-order chi connectivity index (χ0) is 12.5. The summed E-state index contributed by atoms with van der Waals surface area (Å²) >= 11 is 0. The van der Waals surface area contributed by atoms with Crippen molar-refractivity contribution in [2.24, 2.45) is 11.1 Å². The summed E-state index contributed by atoms with van der Waals surface area (Å²) in [5.74, 6) is 1.52. The van der Waals surface area contributed by atoms with Crippen LogP contribution in [0.15, 0.2) is 4.52 Å². The molecule has 1 aromatic rings. The fourth-order valence-corrected chi connectivity index (χ4v) is 1.85. The maximum atomic E-state index is 6.09. The second kappa shape index (κ2) is 4.74. The Labute approximate surface area is 102 Å². The molecule has 1 fully saturated rings. The Hall–Kier alpha value is -0.940. The fourth-order valence-electron chi connectivity index (χ4n) is 1.85. The molecule has 96 valence electrons. The molecular weight excluding hydrogens is 218 g/mol. The monoisotopic (exact) mass is 239 g/mol. The summed E-state index contributed by atoms with van der Waals surface area (Å²) in [6, 6.07) is -0.228. The van der Waals surface area contributed by atoms with Gasteiger partial charge in [-0.25, -0.2) is 0 Å². The molecule has 2 N–H and O–H groups in total. The van der Waals surface area contributed by atoms with Crippen molar-refractivity contribution in [3.63, 3.8) is 0 Å². The lowest BCUT2D eigenvalue weighted by molar-refractivity contribution is 0.0773. The van der Waals surface area contributed by atoms with E-state index in [1.807, 2.05) is 0 Å². The molecule has 0 spiro atoms. The Kier molecular flexibility index (Phi) is 3.49. The van der Waals surface area contributed by atoms with E-state index in [4.69, 9.17) is 15.0 Å². The summed E-state index contributed by atoms with van der Waals surface area (Å²) in [5, 5.41) is 4.03. The summed E-state index contributed by atoms with van der Waals surface area (Å²) in [6.45, 7) is 7.70. The van der Waals surface area contributed by atoms with E-state index in [1.54, 1.807) is 0 Å². The van der Waals surface area contributed by atoms with Crippen molar-refractivity contribution in [1.29, 1.82) is 0 Å². The lowest BCUT2D eigenvalue weighted by atomic mass is 9.87. The normalized spacial score (nSPS) is 23.6. The molecule has 1 aliphatic rings. The van der Waals surface area contributed by atoms with Gasteiger partial charge in [0.2, 0.25) is 5.89 Å². The van der Waals surface area contributed by atoms with Gasteiger partial charge in [0.15, 0.2) is 5.82 Å². The van der Waals surface area contributed by atoms with Crippen LogP contribution in [0.4, 0.5) is 0 Å². The third-order valence-electron chi connectivity index (χ3n) is 3.18. The van der Waals surface area contributed by atoms with Crippen molar-refractivity contribution < 1.29 is 9.26 Å². The van der Waals surface area contributed by atoms with E-state index in [1.165, 1.54) is 0 Å². The molecule has 2 heterocycles. The molecule has 0 radical (unpaired) electrons. The Morgan fingerprint density at radius 1 is 1.41 bits per heavy atom. The van der Waals surface area contributed by atoms with Gasteiger partial charge in [0.05, 0.1) is 12.6 Å². The maximum Gasteiger partial charge on any atom is 0.244 e. The molecule has 2 atom stereocenters. The third kappa shape index (κ3) is 2.84. The zero-order valence-electron chi connectivity index (χ0n) is 10.8. The van der Waals surface area contributed by atoms with Crippen LogP contribution in [0.5, 0.6) is 0 Å². The van der Waals surface area contributed by atoms with Crippen LogP contribution in [0.3, 0.4) is 0 Å². The van der Waals surface area contributed by atoms with Crippen LogP contribution in [-0.2, 0) is 4.74 Å². The van der Waals surface area contributed by atoms with Gasteiger partial charge in [-0.3, -0.25) is 0 Å². The molecule has 2 unspecified atom stereocenters. The first-order chi connectivity index (χ1) is 7.98. The minimum atomic E-state index is -0.228. The molecule has 1 aromatic heterocycles. The highest BCUT2D eigenvalue weighted by Gasteiger charge is 2.29. The molecule has 0 bridgehead atoms. The second-order valence-electron chi connectivity index (χ2n) is 5.75. The molecule has 1 saturated heterocycles. The van der Waals surface area contributed by atoms with Crippen molar-refractivity contribution in [3.05, 3.63) is 11.7 Å². The van der Waals surface area contributed by atoms with Crippen LogP contribution in [0.25, 0.3) is 0 Å². The minimum Gasteiger partial charge on any atom is -0.381 e. The summed E-state index contributed by atoms with van der Waals surface area (Å²) in [7, 11) is 0. The SMILES string of the molecule is CC(C)(C)C(N)c1nc(C2CCCOC2)no1.